The Morgan fingerprint density at radius 2 is 1.74 bits per heavy atom. The molecule has 0 aromatic heterocycles. The molecular formula is C31H44N4O3. The van der Waals surface area contributed by atoms with Crippen LogP contribution >= 0.6 is 0 Å². The Morgan fingerprint density at radius 1 is 1.03 bits per heavy atom. The zero-order chi connectivity index (χ0) is 27.7. The van der Waals surface area contributed by atoms with Crippen LogP contribution in [0.4, 0.5) is 0 Å². The normalized spacial score (nSPS) is 16.8. The van der Waals surface area contributed by atoms with Crippen LogP contribution in [0.3, 0.4) is 0 Å². The lowest BCUT2D eigenvalue weighted by atomic mass is 9.94. The average Bonchev–Trinajstić information content (AvgIpc) is 3.36. The molecule has 0 aliphatic carbocycles. The first-order valence-electron chi connectivity index (χ1n) is 13.8. The first-order chi connectivity index (χ1) is 18.1. The van der Waals surface area contributed by atoms with Crippen LogP contribution in [-0.4, -0.2) is 60.9 Å². The smallest absolute Gasteiger partial charge is 0.243 e. The van der Waals surface area contributed by atoms with Gasteiger partial charge < -0.3 is 20.9 Å². The van der Waals surface area contributed by atoms with Gasteiger partial charge in [-0.3, -0.25) is 14.4 Å². The van der Waals surface area contributed by atoms with Gasteiger partial charge in [-0.1, -0.05) is 89.2 Å². The third-order valence-corrected chi connectivity index (χ3v) is 6.72. The molecule has 1 saturated heterocycles. The Hall–Kier alpha value is -3.19. The molecule has 0 spiro atoms. The predicted molar refractivity (Wildman–Crippen MR) is 154 cm³/mol. The van der Waals surface area contributed by atoms with Crippen molar-refractivity contribution in [3.63, 3.8) is 0 Å². The van der Waals surface area contributed by atoms with Crippen LogP contribution in [0.25, 0.3) is 10.8 Å². The third-order valence-electron chi connectivity index (χ3n) is 6.72. The molecular weight excluding hydrogens is 476 g/mol. The number of amides is 3. The molecule has 38 heavy (non-hydrogen) atoms. The zero-order valence-corrected chi connectivity index (χ0v) is 23.5. The summed E-state index contributed by atoms with van der Waals surface area (Å²) < 4.78 is 0. The summed E-state index contributed by atoms with van der Waals surface area (Å²) in [6.07, 6.45) is 5.65. The number of carbonyl (C=O) groups is 3. The first-order valence-corrected chi connectivity index (χ1v) is 13.8. The number of nitrogens with one attached hydrogen (secondary N) is 3. The molecule has 1 unspecified atom stereocenters. The Balaban J connectivity index is 1.70. The van der Waals surface area contributed by atoms with E-state index in [9.17, 15) is 14.4 Å². The highest BCUT2D eigenvalue weighted by atomic mass is 16.2. The number of likely N-dealkylation sites (tertiary alicyclic amines) is 1. The van der Waals surface area contributed by atoms with E-state index in [1.165, 1.54) is 0 Å². The van der Waals surface area contributed by atoms with Crippen molar-refractivity contribution in [2.75, 3.05) is 26.2 Å². The van der Waals surface area contributed by atoms with Gasteiger partial charge in [-0.05, 0) is 41.6 Å². The molecule has 3 N–H and O–H groups in total. The summed E-state index contributed by atoms with van der Waals surface area (Å²) in [6, 6.07) is 12.9. The first kappa shape index (κ1) is 29.4. The molecule has 206 valence electrons. The Labute approximate surface area is 227 Å². The molecule has 3 rings (SSSR count). The fraction of sp³-hybridized carbons (Fsp3) is 0.516. The number of rotatable bonds is 11. The summed E-state index contributed by atoms with van der Waals surface area (Å²) in [5.41, 5.74) is 0.396. The van der Waals surface area contributed by atoms with E-state index < -0.39 is 17.5 Å². The number of fused-ring (bicyclic) bond motifs is 1. The van der Waals surface area contributed by atoms with Crippen LogP contribution < -0.4 is 16.0 Å². The van der Waals surface area contributed by atoms with Gasteiger partial charge in [0.15, 0.2) is 0 Å². The van der Waals surface area contributed by atoms with Crippen molar-refractivity contribution in [2.24, 2.45) is 11.3 Å². The minimum absolute atomic E-state index is 0.0399. The standard InChI is InChI=1S/C31H44N4O3/c1-22(2)21-32-16-8-9-17-33-28(36)26(20-23-14-15-24-11-6-7-12-25(24)19-23)34-29(37)27-13-10-18-35(27)30(38)31(3,4)5/h6-9,11-12,14-15,19,22,26-27,32H,10,13,16-18,20-21H2,1-5H3,(H,33,36)(H,34,37)/t26-,27?/m1/s1. The van der Waals surface area contributed by atoms with Gasteiger partial charge in [0, 0.05) is 31.5 Å². The van der Waals surface area contributed by atoms with E-state index in [1.54, 1.807) is 4.90 Å². The van der Waals surface area contributed by atoms with Gasteiger partial charge >= 0.3 is 0 Å². The molecule has 1 fully saturated rings. The molecule has 0 saturated carbocycles. The molecule has 0 bridgehead atoms. The van der Waals surface area contributed by atoms with Gasteiger partial charge in [0.2, 0.25) is 17.7 Å². The van der Waals surface area contributed by atoms with Crippen LogP contribution in [-0.2, 0) is 20.8 Å². The third kappa shape index (κ3) is 8.42. The summed E-state index contributed by atoms with van der Waals surface area (Å²) in [5.74, 6) is 0.0337. The predicted octanol–water partition coefficient (Wildman–Crippen LogP) is 3.82. The van der Waals surface area contributed by atoms with Crippen LogP contribution in [0.5, 0.6) is 0 Å². The summed E-state index contributed by atoms with van der Waals surface area (Å²) in [5, 5.41) is 11.5. The van der Waals surface area contributed by atoms with E-state index in [0.29, 0.717) is 31.8 Å². The molecule has 0 radical (unpaired) electrons. The fourth-order valence-corrected chi connectivity index (χ4v) is 4.70. The molecule has 2 aromatic carbocycles. The van der Waals surface area contributed by atoms with Crippen LogP contribution in [0.15, 0.2) is 54.6 Å². The fourth-order valence-electron chi connectivity index (χ4n) is 4.70. The van der Waals surface area contributed by atoms with Crippen molar-refractivity contribution in [3.05, 3.63) is 60.2 Å². The molecule has 1 aliphatic rings. The Kier molecular flexibility index (Phi) is 10.5. The molecule has 3 amide bonds. The summed E-state index contributed by atoms with van der Waals surface area (Å²) in [7, 11) is 0. The van der Waals surface area contributed by atoms with Gasteiger partial charge in [-0.2, -0.15) is 0 Å². The SMILES string of the molecule is CC(C)CNCC=CCNC(=O)[C@@H](Cc1ccc2ccccc2c1)NC(=O)C1CCCN1C(=O)C(C)(C)C. The van der Waals surface area contributed by atoms with E-state index in [2.05, 4.69) is 35.9 Å². The van der Waals surface area contributed by atoms with E-state index in [-0.39, 0.29) is 17.7 Å². The summed E-state index contributed by atoms with van der Waals surface area (Å²) in [4.78, 5) is 41.3. The lowest BCUT2D eigenvalue weighted by molar-refractivity contribution is -0.145. The van der Waals surface area contributed by atoms with Crippen molar-refractivity contribution in [1.29, 1.82) is 0 Å². The highest BCUT2D eigenvalue weighted by Crippen LogP contribution is 2.26. The van der Waals surface area contributed by atoms with Gasteiger partial charge in [0.25, 0.3) is 0 Å². The number of carbonyl (C=O) groups excluding carboxylic acids is 3. The maximum absolute atomic E-state index is 13.4. The van der Waals surface area contributed by atoms with Crippen molar-refractivity contribution in [1.82, 2.24) is 20.9 Å². The molecule has 1 aliphatic heterocycles. The van der Waals surface area contributed by atoms with Crippen molar-refractivity contribution < 1.29 is 14.4 Å². The summed E-state index contributed by atoms with van der Waals surface area (Å²) >= 11 is 0. The van der Waals surface area contributed by atoms with Crippen molar-refractivity contribution in [3.8, 4) is 0 Å². The monoisotopic (exact) mass is 520 g/mol. The maximum Gasteiger partial charge on any atom is 0.243 e. The van der Waals surface area contributed by atoms with Crippen LogP contribution in [0, 0.1) is 11.3 Å². The number of hydrogen-bond acceptors (Lipinski definition) is 4. The highest BCUT2D eigenvalue weighted by molar-refractivity contribution is 5.93. The van der Waals surface area contributed by atoms with E-state index in [0.717, 1.165) is 35.8 Å². The second kappa shape index (κ2) is 13.6. The highest BCUT2D eigenvalue weighted by Gasteiger charge is 2.39. The quantitative estimate of drug-likeness (QED) is 0.310. The second-order valence-corrected chi connectivity index (χ2v) is 11.6. The van der Waals surface area contributed by atoms with Crippen molar-refractivity contribution in [2.45, 2.75) is 66.0 Å². The van der Waals surface area contributed by atoms with Gasteiger partial charge in [0.05, 0.1) is 0 Å². The zero-order valence-electron chi connectivity index (χ0n) is 23.5. The molecule has 1 heterocycles. The van der Waals surface area contributed by atoms with E-state index in [4.69, 9.17) is 0 Å². The van der Waals surface area contributed by atoms with E-state index in [1.807, 2.05) is 69.3 Å². The van der Waals surface area contributed by atoms with Crippen LogP contribution in [0.1, 0.15) is 53.0 Å². The van der Waals surface area contributed by atoms with Gasteiger partial charge in [0.1, 0.15) is 12.1 Å². The van der Waals surface area contributed by atoms with Gasteiger partial charge in [-0.25, -0.2) is 0 Å². The average molecular weight is 521 g/mol. The van der Waals surface area contributed by atoms with Crippen molar-refractivity contribution >= 4 is 28.5 Å². The number of nitrogens with zero attached hydrogens (tertiary/aromatic N) is 1. The van der Waals surface area contributed by atoms with Gasteiger partial charge in [-0.15, -0.1) is 0 Å². The minimum atomic E-state index is -0.747. The summed E-state index contributed by atoms with van der Waals surface area (Å²) in [6.45, 7) is 12.5. The Morgan fingerprint density at radius 3 is 2.45 bits per heavy atom. The molecule has 2 atom stereocenters. The lowest BCUT2D eigenvalue weighted by Crippen LogP contribution is -2.55. The number of benzene rings is 2. The van der Waals surface area contributed by atoms with Crippen LogP contribution in [0.2, 0.25) is 0 Å². The molecule has 7 nitrogen and oxygen atoms in total. The minimum Gasteiger partial charge on any atom is -0.351 e. The molecule has 7 heteroatoms. The van der Waals surface area contributed by atoms with E-state index >= 15 is 0 Å². The lowest BCUT2D eigenvalue weighted by Gasteiger charge is -2.31. The number of hydrogen-bond donors (Lipinski definition) is 3. The largest absolute Gasteiger partial charge is 0.351 e. The maximum atomic E-state index is 13.4. The Bertz CT molecular complexity index is 1140. The second-order valence-electron chi connectivity index (χ2n) is 11.6. The molecule has 2 aromatic rings. The topological polar surface area (TPSA) is 90.5 Å².